The van der Waals surface area contributed by atoms with Gasteiger partial charge in [-0.1, -0.05) is 36.8 Å². The van der Waals surface area contributed by atoms with Gasteiger partial charge in [0, 0.05) is 19.2 Å². The Labute approximate surface area is 141 Å². The summed E-state index contributed by atoms with van der Waals surface area (Å²) in [6, 6.07) is 10.9. The molecule has 1 saturated heterocycles. The molecule has 0 spiro atoms. The van der Waals surface area contributed by atoms with Crippen molar-refractivity contribution in [2.75, 3.05) is 13.1 Å². The lowest BCUT2D eigenvalue weighted by atomic mass is 10.00. The first-order valence-corrected chi connectivity index (χ1v) is 8.46. The normalized spacial score (nSPS) is 17.8. The van der Waals surface area contributed by atoms with Crippen molar-refractivity contribution in [3.63, 3.8) is 0 Å². The molecule has 1 aromatic heterocycles. The second-order valence-electron chi connectivity index (χ2n) is 6.70. The Kier molecular flexibility index (Phi) is 4.79. The highest BCUT2D eigenvalue weighted by molar-refractivity contribution is 5.92. The number of hydrogen-bond donors (Lipinski definition) is 0. The van der Waals surface area contributed by atoms with Gasteiger partial charge < -0.3 is 4.90 Å². The lowest BCUT2D eigenvalue weighted by Gasteiger charge is -2.30. The van der Waals surface area contributed by atoms with Crippen LogP contribution in [0.3, 0.4) is 0 Å². The summed E-state index contributed by atoms with van der Waals surface area (Å²) in [4.78, 5) is 26.6. The molecule has 24 heavy (non-hydrogen) atoms. The lowest BCUT2D eigenvalue weighted by Crippen LogP contribution is -2.40. The second-order valence-corrected chi connectivity index (χ2v) is 6.70. The van der Waals surface area contributed by atoms with Gasteiger partial charge >= 0.3 is 0 Å². The molecule has 0 bridgehead atoms. The number of hydrogen-bond acceptors (Lipinski definition) is 3. The van der Waals surface area contributed by atoms with Gasteiger partial charge in [-0.05, 0) is 37.3 Å². The number of amides is 1. The van der Waals surface area contributed by atoms with Crippen molar-refractivity contribution in [2.24, 2.45) is 5.92 Å². The Morgan fingerprint density at radius 1 is 1.21 bits per heavy atom. The monoisotopic (exact) mass is 325 g/mol. The maximum absolute atomic E-state index is 12.7. The maximum atomic E-state index is 12.7. The van der Waals surface area contributed by atoms with E-state index in [1.165, 1.54) is 22.4 Å². The van der Waals surface area contributed by atoms with Crippen LogP contribution in [0.4, 0.5) is 0 Å². The number of likely N-dealkylation sites (tertiary alicyclic amines) is 1. The molecule has 5 heteroatoms. The van der Waals surface area contributed by atoms with Gasteiger partial charge in [-0.25, -0.2) is 4.68 Å². The summed E-state index contributed by atoms with van der Waals surface area (Å²) in [5, 5.41) is 4.30. The summed E-state index contributed by atoms with van der Waals surface area (Å²) in [5.41, 5.74) is 2.31. The molecular weight excluding hydrogens is 302 g/mol. The number of carbonyl (C=O) groups excluding carboxylic acids is 1. The highest BCUT2D eigenvalue weighted by Crippen LogP contribution is 2.17. The number of aromatic nitrogens is 2. The molecule has 1 fully saturated rings. The zero-order valence-corrected chi connectivity index (χ0v) is 14.2. The van der Waals surface area contributed by atoms with Crippen LogP contribution in [0.2, 0.25) is 0 Å². The minimum absolute atomic E-state index is 0.0841. The molecule has 2 heterocycles. The molecule has 126 valence electrons. The molecule has 1 amide bonds. The van der Waals surface area contributed by atoms with E-state index >= 15 is 0 Å². The molecular formula is C19H23N3O2. The van der Waals surface area contributed by atoms with Gasteiger partial charge in [0.05, 0.1) is 6.54 Å². The van der Waals surface area contributed by atoms with Gasteiger partial charge in [0.15, 0.2) is 0 Å². The largest absolute Gasteiger partial charge is 0.337 e. The highest BCUT2D eigenvalue weighted by atomic mass is 16.2. The molecule has 0 N–H and O–H groups in total. The maximum Gasteiger partial charge on any atom is 0.274 e. The van der Waals surface area contributed by atoms with E-state index in [9.17, 15) is 9.59 Å². The number of nitrogens with zero attached hydrogens (tertiary/aromatic N) is 3. The van der Waals surface area contributed by atoms with Crippen molar-refractivity contribution in [1.29, 1.82) is 0 Å². The third kappa shape index (κ3) is 3.72. The predicted molar refractivity (Wildman–Crippen MR) is 93.1 cm³/mol. The number of aryl methyl sites for hydroxylation is 1. The number of benzene rings is 1. The van der Waals surface area contributed by atoms with Crippen LogP contribution < -0.4 is 5.56 Å². The first-order chi connectivity index (χ1) is 11.5. The van der Waals surface area contributed by atoms with Crippen LogP contribution in [0, 0.1) is 12.8 Å². The number of piperidine rings is 1. The molecule has 1 aromatic carbocycles. The molecule has 5 nitrogen and oxygen atoms in total. The Balaban J connectivity index is 1.81. The average molecular weight is 325 g/mol. The van der Waals surface area contributed by atoms with Crippen molar-refractivity contribution in [3.05, 3.63) is 63.6 Å². The smallest absolute Gasteiger partial charge is 0.274 e. The minimum Gasteiger partial charge on any atom is -0.337 e. The molecule has 0 aliphatic carbocycles. The van der Waals surface area contributed by atoms with E-state index < -0.39 is 0 Å². The summed E-state index contributed by atoms with van der Waals surface area (Å²) in [6.45, 7) is 6.08. The molecule has 1 aliphatic heterocycles. The fourth-order valence-electron chi connectivity index (χ4n) is 3.08. The van der Waals surface area contributed by atoms with Crippen molar-refractivity contribution < 1.29 is 4.79 Å². The Bertz CT molecular complexity index is 780. The van der Waals surface area contributed by atoms with Crippen molar-refractivity contribution in [3.8, 4) is 0 Å². The number of rotatable bonds is 3. The third-order valence-electron chi connectivity index (χ3n) is 4.48. The van der Waals surface area contributed by atoms with E-state index in [1.54, 1.807) is 0 Å². The summed E-state index contributed by atoms with van der Waals surface area (Å²) in [6.07, 6.45) is 2.18. The predicted octanol–water partition coefficient (Wildman–Crippen LogP) is 2.47. The number of carbonyl (C=O) groups is 1. The lowest BCUT2D eigenvalue weighted by molar-refractivity contribution is 0.0674. The van der Waals surface area contributed by atoms with E-state index in [0.29, 0.717) is 18.2 Å². The highest BCUT2D eigenvalue weighted by Gasteiger charge is 2.23. The standard InChI is InChI=1S/C19H23N3O2/c1-14-5-7-16(8-6-14)13-22-18(23)10-9-17(20-22)19(24)21-11-3-4-15(2)12-21/h5-10,15H,3-4,11-13H2,1-2H3. The van der Waals surface area contributed by atoms with E-state index in [2.05, 4.69) is 12.0 Å². The first kappa shape index (κ1) is 16.4. The van der Waals surface area contributed by atoms with Gasteiger partial charge in [0.2, 0.25) is 0 Å². The SMILES string of the molecule is Cc1ccc(Cn2nc(C(=O)N3CCCC(C)C3)ccc2=O)cc1. The second kappa shape index (κ2) is 6.99. The summed E-state index contributed by atoms with van der Waals surface area (Å²) in [5.74, 6) is 0.431. The van der Waals surface area contributed by atoms with E-state index in [4.69, 9.17) is 0 Å². The molecule has 1 unspecified atom stereocenters. The Morgan fingerprint density at radius 2 is 1.96 bits per heavy atom. The van der Waals surface area contributed by atoms with Crippen LogP contribution in [-0.2, 0) is 6.54 Å². The van der Waals surface area contributed by atoms with Crippen LogP contribution in [-0.4, -0.2) is 33.7 Å². The fourth-order valence-corrected chi connectivity index (χ4v) is 3.08. The van der Waals surface area contributed by atoms with Gasteiger partial charge in [-0.3, -0.25) is 9.59 Å². The van der Waals surface area contributed by atoms with Gasteiger partial charge in [-0.15, -0.1) is 0 Å². The summed E-state index contributed by atoms with van der Waals surface area (Å²) >= 11 is 0. The zero-order chi connectivity index (χ0) is 17.1. The van der Waals surface area contributed by atoms with E-state index in [0.717, 1.165) is 31.5 Å². The molecule has 1 aliphatic rings. The molecule has 0 saturated carbocycles. The molecule has 0 radical (unpaired) electrons. The zero-order valence-electron chi connectivity index (χ0n) is 14.2. The summed E-state index contributed by atoms with van der Waals surface area (Å²) in [7, 11) is 0. The van der Waals surface area contributed by atoms with Crippen LogP contribution in [0.25, 0.3) is 0 Å². The van der Waals surface area contributed by atoms with Crippen molar-refractivity contribution in [2.45, 2.75) is 33.2 Å². The molecule has 2 aromatic rings. The van der Waals surface area contributed by atoms with Crippen LogP contribution in [0.15, 0.2) is 41.2 Å². The van der Waals surface area contributed by atoms with Gasteiger partial charge in [-0.2, -0.15) is 5.10 Å². The van der Waals surface area contributed by atoms with Crippen molar-refractivity contribution >= 4 is 5.91 Å². The third-order valence-corrected chi connectivity index (χ3v) is 4.48. The molecule has 1 atom stereocenters. The Morgan fingerprint density at radius 3 is 2.67 bits per heavy atom. The van der Waals surface area contributed by atoms with Gasteiger partial charge in [0.25, 0.3) is 11.5 Å². The first-order valence-electron chi connectivity index (χ1n) is 8.46. The Hall–Kier alpha value is -2.43. The van der Waals surface area contributed by atoms with Gasteiger partial charge in [0.1, 0.15) is 5.69 Å². The quantitative estimate of drug-likeness (QED) is 0.871. The summed E-state index contributed by atoms with van der Waals surface area (Å²) < 4.78 is 1.37. The minimum atomic E-state index is -0.195. The van der Waals surface area contributed by atoms with Crippen LogP contribution >= 0.6 is 0 Å². The van der Waals surface area contributed by atoms with E-state index in [-0.39, 0.29) is 11.5 Å². The van der Waals surface area contributed by atoms with Crippen LogP contribution in [0.5, 0.6) is 0 Å². The fraction of sp³-hybridized carbons (Fsp3) is 0.421. The molecule has 3 rings (SSSR count). The van der Waals surface area contributed by atoms with Crippen LogP contribution in [0.1, 0.15) is 41.4 Å². The van der Waals surface area contributed by atoms with E-state index in [1.807, 2.05) is 36.1 Å². The van der Waals surface area contributed by atoms with Crippen molar-refractivity contribution in [1.82, 2.24) is 14.7 Å². The topological polar surface area (TPSA) is 55.2 Å². The average Bonchev–Trinajstić information content (AvgIpc) is 2.58.